The predicted octanol–water partition coefficient (Wildman–Crippen LogP) is 4.57. The molecule has 1 atom stereocenters. The average Bonchev–Trinajstić information content (AvgIpc) is 2.33. The number of aryl methyl sites for hydroxylation is 1. The third-order valence-electron chi connectivity index (χ3n) is 2.77. The number of hydrogen-bond donors (Lipinski definition) is 1. The standard InChI is InChI=1S/C15H16BrNO/c1-10-9-12(16)7-8-14(10)18-15-6-4-3-5-13(15)11(2)17/h3-9,11H,17H2,1-2H3. The van der Waals surface area contributed by atoms with Gasteiger partial charge in [-0.25, -0.2) is 0 Å². The van der Waals surface area contributed by atoms with E-state index in [4.69, 9.17) is 10.5 Å². The first kappa shape index (κ1) is 13.1. The molecule has 2 rings (SSSR count). The molecule has 0 bridgehead atoms. The third kappa shape index (κ3) is 2.92. The Hall–Kier alpha value is -1.32. The van der Waals surface area contributed by atoms with Crippen LogP contribution in [-0.2, 0) is 0 Å². The van der Waals surface area contributed by atoms with Gasteiger partial charge in [0.2, 0.25) is 0 Å². The van der Waals surface area contributed by atoms with Gasteiger partial charge in [0.1, 0.15) is 11.5 Å². The highest BCUT2D eigenvalue weighted by Crippen LogP contribution is 2.31. The Morgan fingerprint density at radius 3 is 2.50 bits per heavy atom. The summed E-state index contributed by atoms with van der Waals surface area (Å²) in [6.07, 6.45) is 0. The van der Waals surface area contributed by atoms with Gasteiger partial charge in [-0.3, -0.25) is 0 Å². The van der Waals surface area contributed by atoms with Gasteiger partial charge in [0, 0.05) is 16.1 Å². The van der Waals surface area contributed by atoms with Crippen LogP contribution < -0.4 is 10.5 Å². The molecule has 1 unspecified atom stereocenters. The minimum Gasteiger partial charge on any atom is -0.457 e. The zero-order valence-electron chi connectivity index (χ0n) is 10.5. The minimum atomic E-state index is -0.0445. The molecule has 0 heterocycles. The Morgan fingerprint density at radius 1 is 1.11 bits per heavy atom. The lowest BCUT2D eigenvalue weighted by Gasteiger charge is -2.15. The van der Waals surface area contributed by atoms with Crippen molar-refractivity contribution in [1.29, 1.82) is 0 Å². The largest absolute Gasteiger partial charge is 0.457 e. The SMILES string of the molecule is Cc1cc(Br)ccc1Oc1ccccc1C(C)N. The molecule has 0 saturated carbocycles. The van der Waals surface area contributed by atoms with E-state index in [0.29, 0.717) is 0 Å². The molecular weight excluding hydrogens is 290 g/mol. The highest BCUT2D eigenvalue weighted by atomic mass is 79.9. The number of rotatable bonds is 3. The van der Waals surface area contributed by atoms with Gasteiger partial charge < -0.3 is 10.5 Å². The van der Waals surface area contributed by atoms with E-state index in [0.717, 1.165) is 27.1 Å². The van der Waals surface area contributed by atoms with Crippen molar-refractivity contribution in [3.63, 3.8) is 0 Å². The molecule has 0 aliphatic heterocycles. The molecule has 0 fully saturated rings. The molecule has 0 amide bonds. The fourth-order valence-corrected chi connectivity index (χ4v) is 2.27. The Bertz CT molecular complexity index is 552. The van der Waals surface area contributed by atoms with E-state index in [2.05, 4.69) is 15.9 Å². The number of ether oxygens (including phenoxy) is 1. The number of hydrogen-bond acceptors (Lipinski definition) is 2. The smallest absolute Gasteiger partial charge is 0.132 e. The molecule has 2 aromatic rings. The first-order valence-electron chi connectivity index (χ1n) is 5.86. The zero-order chi connectivity index (χ0) is 13.1. The van der Waals surface area contributed by atoms with E-state index in [9.17, 15) is 0 Å². The number of halogens is 1. The summed E-state index contributed by atoms with van der Waals surface area (Å²) in [5.41, 5.74) is 8.04. The van der Waals surface area contributed by atoms with Crippen molar-refractivity contribution in [3.05, 3.63) is 58.1 Å². The van der Waals surface area contributed by atoms with Crippen LogP contribution in [0.2, 0.25) is 0 Å². The monoisotopic (exact) mass is 305 g/mol. The van der Waals surface area contributed by atoms with Crippen LogP contribution in [0.5, 0.6) is 11.5 Å². The van der Waals surface area contributed by atoms with Crippen molar-refractivity contribution in [2.24, 2.45) is 5.73 Å². The molecule has 0 spiro atoms. The minimum absolute atomic E-state index is 0.0445. The maximum absolute atomic E-state index is 5.96. The van der Waals surface area contributed by atoms with E-state index in [1.165, 1.54) is 0 Å². The Balaban J connectivity index is 2.34. The van der Waals surface area contributed by atoms with E-state index in [1.807, 2.05) is 56.3 Å². The molecular formula is C15H16BrNO. The lowest BCUT2D eigenvalue weighted by molar-refractivity contribution is 0.468. The normalized spacial score (nSPS) is 12.2. The Labute approximate surface area is 116 Å². The molecule has 18 heavy (non-hydrogen) atoms. The van der Waals surface area contributed by atoms with Crippen molar-refractivity contribution >= 4 is 15.9 Å². The fraction of sp³-hybridized carbons (Fsp3) is 0.200. The molecule has 0 aliphatic carbocycles. The van der Waals surface area contributed by atoms with Crippen molar-refractivity contribution in [3.8, 4) is 11.5 Å². The summed E-state index contributed by atoms with van der Waals surface area (Å²) in [6, 6.07) is 13.8. The van der Waals surface area contributed by atoms with Gasteiger partial charge in [-0.15, -0.1) is 0 Å². The molecule has 2 nitrogen and oxygen atoms in total. The van der Waals surface area contributed by atoms with Gasteiger partial charge in [-0.1, -0.05) is 34.1 Å². The number of benzene rings is 2. The summed E-state index contributed by atoms with van der Waals surface area (Å²) in [4.78, 5) is 0. The highest BCUT2D eigenvalue weighted by molar-refractivity contribution is 9.10. The Morgan fingerprint density at radius 2 is 1.83 bits per heavy atom. The molecule has 2 N–H and O–H groups in total. The second-order valence-electron chi connectivity index (χ2n) is 4.34. The van der Waals surface area contributed by atoms with Crippen molar-refractivity contribution in [1.82, 2.24) is 0 Å². The summed E-state index contributed by atoms with van der Waals surface area (Å²) >= 11 is 3.44. The van der Waals surface area contributed by atoms with Gasteiger partial charge in [0.15, 0.2) is 0 Å². The maximum atomic E-state index is 5.96. The highest BCUT2D eigenvalue weighted by Gasteiger charge is 2.09. The lowest BCUT2D eigenvalue weighted by atomic mass is 10.1. The first-order chi connectivity index (χ1) is 8.58. The van der Waals surface area contributed by atoms with Crippen LogP contribution in [0.1, 0.15) is 24.1 Å². The van der Waals surface area contributed by atoms with E-state index < -0.39 is 0 Å². The molecule has 2 aromatic carbocycles. The second kappa shape index (κ2) is 5.55. The van der Waals surface area contributed by atoms with Crippen LogP contribution >= 0.6 is 15.9 Å². The third-order valence-corrected chi connectivity index (χ3v) is 3.26. The van der Waals surface area contributed by atoms with E-state index >= 15 is 0 Å². The van der Waals surface area contributed by atoms with Gasteiger partial charge in [-0.2, -0.15) is 0 Å². The predicted molar refractivity (Wildman–Crippen MR) is 78.0 cm³/mol. The van der Waals surface area contributed by atoms with Crippen molar-refractivity contribution < 1.29 is 4.74 Å². The average molecular weight is 306 g/mol. The molecule has 94 valence electrons. The summed E-state index contributed by atoms with van der Waals surface area (Å²) in [5, 5.41) is 0. The number of para-hydroxylation sites is 1. The summed E-state index contributed by atoms with van der Waals surface area (Å²) in [7, 11) is 0. The van der Waals surface area contributed by atoms with E-state index in [1.54, 1.807) is 0 Å². The molecule has 0 saturated heterocycles. The first-order valence-corrected chi connectivity index (χ1v) is 6.65. The molecule has 3 heteroatoms. The van der Waals surface area contributed by atoms with Crippen LogP contribution in [0.4, 0.5) is 0 Å². The van der Waals surface area contributed by atoms with Crippen LogP contribution in [0.15, 0.2) is 46.9 Å². The van der Waals surface area contributed by atoms with Crippen molar-refractivity contribution in [2.45, 2.75) is 19.9 Å². The van der Waals surface area contributed by atoms with Crippen LogP contribution in [-0.4, -0.2) is 0 Å². The van der Waals surface area contributed by atoms with Crippen molar-refractivity contribution in [2.75, 3.05) is 0 Å². The molecule has 0 aromatic heterocycles. The zero-order valence-corrected chi connectivity index (χ0v) is 12.1. The van der Waals surface area contributed by atoms with E-state index in [-0.39, 0.29) is 6.04 Å². The van der Waals surface area contributed by atoms with Gasteiger partial charge in [0.25, 0.3) is 0 Å². The molecule has 0 radical (unpaired) electrons. The molecule has 0 aliphatic rings. The quantitative estimate of drug-likeness (QED) is 0.901. The summed E-state index contributed by atoms with van der Waals surface area (Å²) in [6.45, 7) is 3.98. The van der Waals surface area contributed by atoms with Crippen LogP contribution in [0.3, 0.4) is 0 Å². The van der Waals surface area contributed by atoms with Crippen LogP contribution in [0.25, 0.3) is 0 Å². The van der Waals surface area contributed by atoms with Gasteiger partial charge in [0.05, 0.1) is 0 Å². The fourth-order valence-electron chi connectivity index (χ4n) is 1.80. The summed E-state index contributed by atoms with van der Waals surface area (Å²) < 4.78 is 7.00. The summed E-state index contributed by atoms with van der Waals surface area (Å²) in [5.74, 6) is 1.67. The lowest BCUT2D eigenvalue weighted by Crippen LogP contribution is -2.06. The van der Waals surface area contributed by atoms with Gasteiger partial charge in [-0.05, 0) is 43.7 Å². The maximum Gasteiger partial charge on any atom is 0.132 e. The topological polar surface area (TPSA) is 35.2 Å². The second-order valence-corrected chi connectivity index (χ2v) is 5.25. The number of nitrogens with two attached hydrogens (primary N) is 1. The van der Waals surface area contributed by atoms with Crippen LogP contribution in [0, 0.1) is 6.92 Å². The van der Waals surface area contributed by atoms with Gasteiger partial charge >= 0.3 is 0 Å². The Kier molecular flexibility index (Phi) is 4.04.